The van der Waals surface area contributed by atoms with Crippen molar-refractivity contribution in [1.29, 1.82) is 0 Å². The lowest BCUT2D eigenvalue weighted by Crippen LogP contribution is -2.21. The largest absolute Gasteiger partial charge is 0.317 e. The summed E-state index contributed by atoms with van der Waals surface area (Å²) < 4.78 is 1.67. The Morgan fingerprint density at radius 3 is 2.84 bits per heavy atom. The Bertz CT molecular complexity index is 883. The SMILES string of the molecule is Cn1cc(NC(=O)c2csc(C3CNNC3)n2)c(-c2ccncc2)n1. The van der Waals surface area contributed by atoms with Gasteiger partial charge in [-0.3, -0.25) is 25.3 Å². The fourth-order valence-corrected chi connectivity index (χ4v) is 3.61. The molecule has 0 atom stereocenters. The summed E-state index contributed by atoms with van der Waals surface area (Å²) in [6.45, 7) is 1.65. The van der Waals surface area contributed by atoms with E-state index < -0.39 is 0 Å². The molecule has 1 aliphatic rings. The van der Waals surface area contributed by atoms with Crippen molar-refractivity contribution in [3.63, 3.8) is 0 Å². The number of hydrazine groups is 1. The number of hydrogen-bond donors (Lipinski definition) is 3. The molecule has 0 aliphatic carbocycles. The van der Waals surface area contributed by atoms with Crippen molar-refractivity contribution in [3.05, 3.63) is 46.8 Å². The van der Waals surface area contributed by atoms with Crippen molar-refractivity contribution in [2.45, 2.75) is 5.92 Å². The van der Waals surface area contributed by atoms with Crippen LogP contribution in [0.3, 0.4) is 0 Å². The zero-order valence-electron chi connectivity index (χ0n) is 13.6. The van der Waals surface area contributed by atoms with E-state index in [4.69, 9.17) is 0 Å². The number of hydrogen-bond acceptors (Lipinski definition) is 7. The molecule has 0 bridgehead atoms. The predicted octanol–water partition coefficient (Wildman–Crippen LogP) is 1.38. The standard InChI is InChI=1S/C16H17N7OS/c1-23-8-12(14(22-23)10-2-4-17-5-3-10)20-15(24)13-9-25-16(21-13)11-6-18-19-7-11/h2-5,8-9,11,18-19H,6-7H2,1H3,(H,20,24). The molecule has 1 fully saturated rings. The number of pyridine rings is 1. The lowest BCUT2D eigenvalue weighted by Gasteiger charge is -2.04. The van der Waals surface area contributed by atoms with E-state index in [1.165, 1.54) is 11.3 Å². The van der Waals surface area contributed by atoms with Gasteiger partial charge in [0.15, 0.2) is 0 Å². The highest BCUT2D eigenvalue weighted by molar-refractivity contribution is 7.10. The zero-order chi connectivity index (χ0) is 17.2. The summed E-state index contributed by atoms with van der Waals surface area (Å²) in [5.41, 5.74) is 8.84. The third-order valence-corrected chi connectivity index (χ3v) is 4.96. The second-order valence-corrected chi connectivity index (χ2v) is 6.67. The van der Waals surface area contributed by atoms with Crippen molar-refractivity contribution in [1.82, 2.24) is 30.6 Å². The van der Waals surface area contributed by atoms with Crippen LogP contribution in [0.5, 0.6) is 0 Å². The molecule has 0 radical (unpaired) electrons. The minimum atomic E-state index is -0.232. The highest BCUT2D eigenvalue weighted by Gasteiger charge is 2.22. The van der Waals surface area contributed by atoms with Gasteiger partial charge in [-0.25, -0.2) is 4.98 Å². The van der Waals surface area contributed by atoms with Gasteiger partial charge in [0.1, 0.15) is 11.4 Å². The Balaban J connectivity index is 1.55. The van der Waals surface area contributed by atoms with Crippen LogP contribution < -0.4 is 16.2 Å². The first-order chi connectivity index (χ1) is 12.2. The van der Waals surface area contributed by atoms with Gasteiger partial charge in [-0.2, -0.15) is 5.10 Å². The molecule has 0 spiro atoms. The van der Waals surface area contributed by atoms with E-state index >= 15 is 0 Å². The molecule has 3 aromatic heterocycles. The third kappa shape index (κ3) is 3.29. The van der Waals surface area contributed by atoms with Crippen molar-refractivity contribution in [2.24, 2.45) is 7.05 Å². The summed E-state index contributed by atoms with van der Waals surface area (Å²) in [6, 6.07) is 3.72. The number of aromatic nitrogens is 4. The molecule has 3 aromatic rings. The summed E-state index contributed by atoms with van der Waals surface area (Å²) in [5, 5.41) is 10.1. The Labute approximate surface area is 148 Å². The van der Waals surface area contributed by atoms with E-state index in [0.717, 1.165) is 23.7 Å². The van der Waals surface area contributed by atoms with Crippen LogP contribution in [0.25, 0.3) is 11.3 Å². The van der Waals surface area contributed by atoms with Gasteiger partial charge in [0, 0.05) is 55.6 Å². The van der Waals surface area contributed by atoms with Crippen LogP contribution in [-0.2, 0) is 7.05 Å². The maximum atomic E-state index is 12.6. The van der Waals surface area contributed by atoms with E-state index in [0.29, 0.717) is 23.0 Å². The third-order valence-electron chi connectivity index (χ3n) is 3.96. The molecule has 128 valence electrons. The normalized spacial score (nSPS) is 14.8. The van der Waals surface area contributed by atoms with E-state index in [9.17, 15) is 4.79 Å². The van der Waals surface area contributed by atoms with Crippen molar-refractivity contribution < 1.29 is 4.79 Å². The lowest BCUT2D eigenvalue weighted by molar-refractivity contribution is 0.102. The molecule has 1 aliphatic heterocycles. The minimum absolute atomic E-state index is 0.232. The maximum absolute atomic E-state index is 12.6. The van der Waals surface area contributed by atoms with Crippen LogP contribution in [0.2, 0.25) is 0 Å². The van der Waals surface area contributed by atoms with Crippen LogP contribution in [0.1, 0.15) is 21.4 Å². The van der Waals surface area contributed by atoms with Crippen LogP contribution in [-0.4, -0.2) is 38.7 Å². The fourth-order valence-electron chi connectivity index (χ4n) is 2.71. The number of nitrogens with zero attached hydrogens (tertiary/aromatic N) is 4. The van der Waals surface area contributed by atoms with E-state index in [-0.39, 0.29) is 5.91 Å². The van der Waals surface area contributed by atoms with Gasteiger partial charge < -0.3 is 5.32 Å². The monoisotopic (exact) mass is 355 g/mol. The number of anilines is 1. The molecular weight excluding hydrogens is 338 g/mol. The van der Waals surface area contributed by atoms with Gasteiger partial charge in [0.05, 0.1) is 10.7 Å². The first-order valence-electron chi connectivity index (χ1n) is 7.87. The Kier molecular flexibility index (Phi) is 4.26. The van der Waals surface area contributed by atoms with Crippen molar-refractivity contribution >= 4 is 22.9 Å². The van der Waals surface area contributed by atoms with Gasteiger partial charge in [-0.1, -0.05) is 0 Å². The number of amides is 1. The van der Waals surface area contributed by atoms with Gasteiger partial charge in [0.25, 0.3) is 5.91 Å². The number of thiazole rings is 1. The van der Waals surface area contributed by atoms with E-state index in [1.54, 1.807) is 28.7 Å². The van der Waals surface area contributed by atoms with Gasteiger partial charge in [0.2, 0.25) is 0 Å². The molecule has 4 heterocycles. The van der Waals surface area contributed by atoms with E-state index in [1.807, 2.05) is 19.2 Å². The van der Waals surface area contributed by atoms with Crippen LogP contribution >= 0.6 is 11.3 Å². The molecular formula is C16H17N7OS. The van der Waals surface area contributed by atoms with E-state index in [2.05, 4.69) is 31.2 Å². The molecule has 1 saturated heterocycles. The number of rotatable bonds is 4. The summed E-state index contributed by atoms with van der Waals surface area (Å²) in [4.78, 5) is 21.1. The number of aryl methyl sites for hydroxylation is 1. The average molecular weight is 355 g/mol. The predicted molar refractivity (Wildman–Crippen MR) is 95.3 cm³/mol. The molecule has 0 aromatic carbocycles. The fraction of sp³-hybridized carbons (Fsp3) is 0.250. The highest BCUT2D eigenvalue weighted by Crippen LogP contribution is 2.27. The van der Waals surface area contributed by atoms with Crippen LogP contribution in [0.15, 0.2) is 36.1 Å². The Morgan fingerprint density at radius 1 is 1.32 bits per heavy atom. The second-order valence-electron chi connectivity index (χ2n) is 5.78. The molecule has 25 heavy (non-hydrogen) atoms. The molecule has 8 nitrogen and oxygen atoms in total. The van der Waals surface area contributed by atoms with Gasteiger partial charge in [-0.05, 0) is 12.1 Å². The van der Waals surface area contributed by atoms with Crippen LogP contribution in [0, 0.1) is 0 Å². The molecule has 9 heteroatoms. The summed E-state index contributed by atoms with van der Waals surface area (Å²) >= 11 is 1.51. The summed E-state index contributed by atoms with van der Waals surface area (Å²) in [7, 11) is 1.82. The smallest absolute Gasteiger partial charge is 0.275 e. The molecule has 0 saturated carbocycles. The number of carbonyl (C=O) groups is 1. The first-order valence-corrected chi connectivity index (χ1v) is 8.75. The highest BCUT2D eigenvalue weighted by atomic mass is 32.1. The molecule has 1 amide bonds. The van der Waals surface area contributed by atoms with Crippen LogP contribution in [0.4, 0.5) is 5.69 Å². The van der Waals surface area contributed by atoms with Crippen molar-refractivity contribution in [3.8, 4) is 11.3 Å². The average Bonchev–Trinajstić information content (AvgIpc) is 3.36. The lowest BCUT2D eigenvalue weighted by atomic mass is 10.2. The maximum Gasteiger partial charge on any atom is 0.275 e. The molecule has 4 rings (SSSR count). The van der Waals surface area contributed by atoms with Crippen molar-refractivity contribution in [2.75, 3.05) is 18.4 Å². The Morgan fingerprint density at radius 2 is 2.08 bits per heavy atom. The topological polar surface area (TPSA) is 96.8 Å². The summed E-state index contributed by atoms with van der Waals surface area (Å²) in [5.74, 6) is 0.0713. The minimum Gasteiger partial charge on any atom is -0.317 e. The first kappa shape index (κ1) is 15.9. The zero-order valence-corrected chi connectivity index (χ0v) is 14.4. The van der Waals surface area contributed by atoms with Gasteiger partial charge in [-0.15, -0.1) is 11.3 Å². The number of carbonyl (C=O) groups excluding carboxylic acids is 1. The number of nitrogens with one attached hydrogen (secondary N) is 3. The second kappa shape index (κ2) is 6.71. The van der Waals surface area contributed by atoms with Gasteiger partial charge >= 0.3 is 0 Å². The quantitative estimate of drug-likeness (QED) is 0.654. The summed E-state index contributed by atoms with van der Waals surface area (Å²) in [6.07, 6.45) is 5.18. The Hall–Kier alpha value is -2.62. The molecule has 0 unspecified atom stereocenters. The molecule has 3 N–H and O–H groups in total.